The Labute approximate surface area is 156 Å². The molecular weight excluding hydrogens is 356 g/mol. The Morgan fingerprint density at radius 3 is 2.22 bits per heavy atom. The van der Waals surface area contributed by atoms with Gasteiger partial charge in [0.1, 0.15) is 6.04 Å². The Hall–Kier alpha value is -2.97. The van der Waals surface area contributed by atoms with Crippen LogP contribution in [0.15, 0.2) is 24.3 Å². The zero-order valence-electron chi connectivity index (χ0n) is 15.5. The molecule has 0 bridgehead atoms. The first-order chi connectivity index (χ1) is 12.6. The molecule has 0 aliphatic carbocycles. The summed E-state index contributed by atoms with van der Waals surface area (Å²) in [7, 11) is 0. The van der Waals surface area contributed by atoms with E-state index in [9.17, 15) is 29.6 Å². The molecule has 2 atom stereocenters. The zero-order valence-corrected chi connectivity index (χ0v) is 15.5. The number of non-ortho nitro benzene ring substituents is 1. The van der Waals surface area contributed by atoms with Gasteiger partial charge in [0.25, 0.3) is 5.69 Å². The monoisotopic (exact) mass is 380 g/mol. The van der Waals surface area contributed by atoms with Gasteiger partial charge in [0.05, 0.1) is 18.0 Å². The number of rotatable bonds is 10. The van der Waals surface area contributed by atoms with Crippen molar-refractivity contribution < 1.29 is 29.2 Å². The molecule has 0 saturated carbocycles. The molecule has 1 amide bonds. The fraction of sp³-hybridized carbons (Fsp3) is 0.500. The van der Waals surface area contributed by atoms with Crippen molar-refractivity contribution >= 4 is 23.5 Å². The molecule has 9 heteroatoms. The summed E-state index contributed by atoms with van der Waals surface area (Å²) in [6, 6.07) is 3.84. The summed E-state index contributed by atoms with van der Waals surface area (Å²) < 4.78 is 4.90. The molecule has 0 radical (unpaired) electrons. The second kappa shape index (κ2) is 10.2. The van der Waals surface area contributed by atoms with Crippen molar-refractivity contribution in [1.29, 1.82) is 0 Å². The number of carbonyl (C=O) groups is 3. The van der Waals surface area contributed by atoms with E-state index < -0.39 is 34.7 Å². The van der Waals surface area contributed by atoms with Gasteiger partial charge in [0.2, 0.25) is 5.91 Å². The van der Waals surface area contributed by atoms with Crippen LogP contribution in [0.1, 0.15) is 45.1 Å². The first-order valence-electron chi connectivity index (χ1n) is 8.57. The zero-order chi connectivity index (χ0) is 20.6. The van der Waals surface area contributed by atoms with Crippen LogP contribution in [0, 0.1) is 16.0 Å². The summed E-state index contributed by atoms with van der Waals surface area (Å²) in [6.07, 6.45) is -0.152. The van der Waals surface area contributed by atoms with Gasteiger partial charge in [-0.1, -0.05) is 26.0 Å². The number of nitrogens with zero attached hydrogens (tertiary/aromatic N) is 1. The van der Waals surface area contributed by atoms with E-state index in [1.165, 1.54) is 24.3 Å². The van der Waals surface area contributed by atoms with Crippen molar-refractivity contribution in [2.75, 3.05) is 6.61 Å². The summed E-state index contributed by atoms with van der Waals surface area (Å²) in [6.45, 7) is 5.39. The lowest BCUT2D eigenvalue weighted by atomic mass is 9.88. The number of hydrogen-bond donors (Lipinski definition) is 2. The number of amides is 1. The fourth-order valence-electron chi connectivity index (χ4n) is 2.61. The van der Waals surface area contributed by atoms with Crippen LogP contribution in [-0.2, 0) is 19.1 Å². The number of esters is 1. The lowest BCUT2D eigenvalue weighted by Crippen LogP contribution is -2.46. The lowest BCUT2D eigenvalue weighted by molar-refractivity contribution is -0.384. The quantitative estimate of drug-likeness (QED) is 0.361. The molecule has 0 aliphatic heterocycles. The first kappa shape index (κ1) is 22.1. The second-order valence-corrected chi connectivity index (χ2v) is 6.45. The van der Waals surface area contributed by atoms with Gasteiger partial charge in [-0.15, -0.1) is 0 Å². The molecule has 1 aromatic rings. The van der Waals surface area contributed by atoms with Crippen molar-refractivity contribution in [2.45, 2.75) is 45.6 Å². The molecule has 148 valence electrons. The number of nitro groups is 1. The smallest absolute Gasteiger partial charge is 0.326 e. The number of aliphatic carboxylic acids is 1. The van der Waals surface area contributed by atoms with E-state index in [0.717, 1.165) is 0 Å². The van der Waals surface area contributed by atoms with E-state index in [-0.39, 0.29) is 31.1 Å². The van der Waals surface area contributed by atoms with Crippen LogP contribution in [0.5, 0.6) is 0 Å². The number of nitro benzene ring substituents is 1. The summed E-state index contributed by atoms with van der Waals surface area (Å²) in [5.74, 6) is -3.28. The van der Waals surface area contributed by atoms with E-state index in [0.29, 0.717) is 5.56 Å². The highest BCUT2D eigenvalue weighted by atomic mass is 16.6. The highest BCUT2D eigenvalue weighted by Gasteiger charge is 2.33. The number of carboxylic acids is 1. The third-order valence-corrected chi connectivity index (χ3v) is 3.80. The highest BCUT2D eigenvalue weighted by molar-refractivity contribution is 5.85. The van der Waals surface area contributed by atoms with Crippen LogP contribution in [0.4, 0.5) is 5.69 Å². The number of carboxylic acid groups (broad SMARTS) is 1. The molecule has 27 heavy (non-hydrogen) atoms. The maximum atomic E-state index is 12.1. The number of ether oxygens (including phenoxy) is 1. The summed E-state index contributed by atoms with van der Waals surface area (Å²) in [4.78, 5) is 46.0. The summed E-state index contributed by atoms with van der Waals surface area (Å²) in [5.41, 5.74) is 0.218. The van der Waals surface area contributed by atoms with Gasteiger partial charge < -0.3 is 15.2 Å². The SMILES string of the molecule is CCOC(=O)C[C@@H](c1ccc([N+](=O)[O-])cc1)[C@@H](NC(=O)CC(C)C)C(=O)O. The molecule has 0 spiro atoms. The fourth-order valence-corrected chi connectivity index (χ4v) is 2.61. The minimum Gasteiger partial charge on any atom is -0.480 e. The van der Waals surface area contributed by atoms with Gasteiger partial charge in [-0.05, 0) is 18.4 Å². The van der Waals surface area contributed by atoms with E-state index in [4.69, 9.17) is 4.74 Å². The Morgan fingerprint density at radius 1 is 1.19 bits per heavy atom. The van der Waals surface area contributed by atoms with Gasteiger partial charge in [-0.3, -0.25) is 19.7 Å². The summed E-state index contributed by atoms with van der Waals surface area (Å²) in [5, 5.41) is 22.9. The predicted octanol–water partition coefficient (Wildman–Crippen LogP) is 2.25. The Bertz CT molecular complexity index is 685. The maximum absolute atomic E-state index is 12.1. The third-order valence-electron chi connectivity index (χ3n) is 3.80. The Morgan fingerprint density at radius 2 is 1.78 bits per heavy atom. The minimum absolute atomic E-state index is 0.0299. The van der Waals surface area contributed by atoms with E-state index in [2.05, 4.69) is 5.32 Å². The molecule has 0 saturated heterocycles. The number of carbonyl (C=O) groups excluding carboxylic acids is 2. The van der Waals surface area contributed by atoms with Gasteiger partial charge in [-0.2, -0.15) is 0 Å². The van der Waals surface area contributed by atoms with Crippen molar-refractivity contribution in [3.8, 4) is 0 Å². The van der Waals surface area contributed by atoms with E-state index >= 15 is 0 Å². The predicted molar refractivity (Wildman–Crippen MR) is 96.1 cm³/mol. The first-order valence-corrected chi connectivity index (χ1v) is 8.57. The average Bonchev–Trinajstić information content (AvgIpc) is 2.57. The van der Waals surface area contributed by atoms with Crippen molar-refractivity contribution in [3.05, 3.63) is 39.9 Å². The molecule has 0 unspecified atom stereocenters. The molecule has 0 heterocycles. The molecule has 0 aromatic heterocycles. The minimum atomic E-state index is -1.37. The standard InChI is InChI=1S/C18H24N2O7/c1-4-27-16(22)10-14(12-5-7-13(8-6-12)20(25)26)17(18(23)24)19-15(21)9-11(2)3/h5-8,11,14,17H,4,9-10H2,1-3H3,(H,19,21)(H,23,24)/t14-,17+/m0/s1. The normalized spacial score (nSPS) is 12.9. The van der Waals surface area contributed by atoms with Crippen molar-refractivity contribution in [1.82, 2.24) is 5.32 Å². The number of hydrogen-bond acceptors (Lipinski definition) is 6. The Balaban J connectivity index is 3.19. The molecule has 1 aromatic carbocycles. The molecule has 0 aliphatic rings. The summed E-state index contributed by atoms with van der Waals surface area (Å²) >= 11 is 0. The topological polar surface area (TPSA) is 136 Å². The van der Waals surface area contributed by atoms with E-state index in [1.54, 1.807) is 6.92 Å². The second-order valence-electron chi connectivity index (χ2n) is 6.45. The number of benzene rings is 1. The molecule has 0 fully saturated rings. The lowest BCUT2D eigenvalue weighted by Gasteiger charge is -2.25. The third kappa shape index (κ3) is 7.04. The van der Waals surface area contributed by atoms with Crippen LogP contribution in [0.25, 0.3) is 0 Å². The van der Waals surface area contributed by atoms with Gasteiger partial charge in [-0.25, -0.2) is 4.79 Å². The van der Waals surface area contributed by atoms with Crippen LogP contribution in [-0.4, -0.2) is 40.5 Å². The van der Waals surface area contributed by atoms with Gasteiger partial charge >= 0.3 is 11.9 Å². The van der Waals surface area contributed by atoms with Crippen LogP contribution in [0.2, 0.25) is 0 Å². The van der Waals surface area contributed by atoms with Crippen LogP contribution >= 0.6 is 0 Å². The maximum Gasteiger partial charge on any atom is 0.326 e. The van der Waals surface area contributed by atoms with Crippen LogP contribution < -0.4 is 5.32 Å². The molecule has 2 N–H and O–H groups in total. The largest absolute Gasteiger partial charge is 0.480 e. The molecule has 9 nitrogen and oxygen atoms in total. The average molecular weight is 380 g/mol. The highest BCUT2D eigenvalue weighted by Crippen LogP contribution is 2.27. The number of nitrogens with one attached hydrogen (secondary N) is 1. The Kier molecular flexibility index (Phi) is 8.37. The van der Waals surface area contributed by atoms with Crippen LogP contribution in [0.3, 0.4) is 0 Å². The molecule has 1 rings (SSSR count). The van der Waals surface area contributed by atoms with Gasteiger partial charge in [0, 0.05) is 24.5 Å². The van der Waals surface area contributed by atoms with Crippen molar-refractivity contribution in [2.24, 2.45) is 5.92 Å². The van der Waals surface area contributed by atoms with Gasteiger partial charge in [0.15, 0.2) is 0 Å². The van der Waals surface area contributed by atoms with E-state index in [1.807, 2.05) is 13.8 Å². The van der Waals surface area contributed by atoms with Crippen molar-refractivity contribution in [3.63, 3.8) is 0 Å². The molecular formula is C18H24N2O7.